The average Bonchev–Trinajstić information content (AvgIpc) is 3.32. The number of aromatic nitrogens is 3. The minimum atomic E-state index is -0.390. The summed E-state index contributed by atoms with van der Waals surface area (Å²) in [4.78, 5) is 22.9. The zero-order valence-corrected chi connectivity index (χ0v) is 18.4. The number of pyridine rings is 2. The Labute approximate surface area is 187 Å². The van der Waals surface area contributed by atoms with Gasteiger partial charge in [-0.25, -0.2) is 14.8 Å². The monoisotopic (exact) mass is 433 g/mol. The minimum Gasteiger partial charge on any atom is -0.441 e. The highest BCUT2D eigenvalue weighted by Crippen LogP contribution is 2.40. The number of ether oxygens (including phenoxy) is 1. The van der Waals surface area contributed by atoms with Gasteiger partial charge >= 0.3 is 6.09 Å². The normalized spacial score (nSPS) is 22.9. The van der Waals surface area contributed by atoms with Crippen LogP contribution in [0.5, 0.6) is 0 Å². The van der Waals surface area contributed by atoms with Crippen molar-refractivity contribution in [3.05, 3.63) is 54.2 Å². The smallest absolute Gasteiger partial charge is 0.416 e. The van der Waals surface area contributed by atoms with Crippen LogP contribution in [-0.2, 0) is 4.74 Å². The predicted octanol–water partition coefficient (Wildman–Crippen LogP) is 4.75. The van der Waals surface area contributed by atoms with Crippen molar-refractivity contribution in [2.24, 2.45) is 5.92 Å². The largest absolute Gasteiger partial charge is 0.441 e. The molecule has 3 aromatic heterocycles. The number of nitrogens with zero attached hydrogens (tertiary/aromatic N) is 4. The third-order valence-corrected chi connectivity index (χ3v) is 6.57. The summed E-state index contributed by atoms with van der Waals surface area (Å²) in [6, 6.07) is 9.62. The van der Waals surface area contributed by atoms with Gasteiger partial charge in [-0.15, -0.1) is 0 Å². The fraction of sp³-hybridized carbons (Fsp3) is 0.417. The molecule has 0 bridgehead atoms. The Kier molecular flexibility index (Phi) is 5.28. The molecule has 0 radical (unpaired) electrons. The molecule has 1 N–H and O–H groups in total. The molecule has 1 aliphatic heterocycles. The lowest BCUT2D eigenvalue weighted by Gasteiger charge is -2.35. The van der Waals surface area contributed by atoms with Gasteiger partial charge in [-0.1, -0.05) is 11.2 Å². The van der Waals surface area contributed by atoms with Gasteiger partial charge in [0.2, 0.25) is 0 Å². The van der Waals surface area contributed by atoms with E-state index >= 15 is 0 Å². The minimum absolute atomic E-state index is 0.289. The number of rotatable bonds is 5. The molecule has 32 heavy (non-hydrogen) atoms. The van der Waals surface area contributed by atoms with E-state index in [9.17, 15) is 4.79 Å². The van der Waals surface area contributed by atoms with Crippen molar-refractivity contribution in [1.82, 2.24) is 15.1 Å². The fourth-order valence-electron chi connectivity index (χ4n) is 4.77. The van der Waals surface area contributed by atoms with Gasteiger partial charge in [0.05, 0.1) is 12.2 Å². The van der Waals surface area contributed by atoms with E-state index in [0.29, 0.717) is 18.3 Å². The highest BCUT2D eigenvalue weighted by Gasteiger charge is 2.47. The van der Waals surface area contributed by atoms with E-state index in [4.69, 9.17) is 9.26 Å². The molecule has 2 aliphatic rings. The summed E-state index contributed by atoms with van der Waals surface area (Å²) in [6.45, 7) is 5.28. The van der Waals surface area contributed by atoms with Crippen LogP contribution in [0.4, 0.5) is 16.4 Å². The summed E-state index contributed by atoms with van der Waals surface area (Å²) in [7, 11) is 0. The van der Waals surface area contributed by atoms with Crippen LogP contribution < -0.4 is 10.2 Å². The van der Waals surface area contributed by atoms with E-state index in [1.807, 2.05) is 50.4 Å². The third-order valence-electron chi connectivity index (χ3n) is 6.57. The summed E-state index contributed by atoms with van der Waals surface area (Å²) >= 11 is 0. The first-order valence-electron chi connectivity index (χ1n) is 11.1. The lowest BCUT2D eigenvalue weighted by Crippen LogP contribution is -2.39. The average molecular weight is 434 g/mol. The maximum Gasteiger partial charge on any atom is 0.416 e. The molecule has 1 aliphatic carbocycles. The van der Waals surface area contributed by atoms with Gasteiger partial charge in [-0.05, 0) is 69.7 Å². The lowest BCUT2D eigenvalue weighted by molar-refractivity contribution is 0.0148. The lowest BCUT2D eigenvalue weighted by atomic mass is 9.78. The Morgan fingerprint density at radius 2 is 2.00 bits per heavy atom. The predicted molar refractivity (Wildman–Crippen MR) is 120 cm³/mol. The second-order valence-electron chi connectivity index (χ2n) is 8.78. The van der Waals surface area contributed by atoms with Crippen LogP contribution in [0.2, 0.25) is 0 Å². The summed E-state index contributed by atoms with van der Waals surface area (Å²) < 4.78 is 11.1. The molecule has 1 spiro atoms. The number of hydrogen-bond donors (Lipinski definition) is 1. The SMILES string of the molecule is Cc1noc(C)c1-c1ccc(NCC2CCC3(CC2)CN(c2ccccn2)C(=O)O3)nc1. The molecule has 4 heterocycles. The first kappa shape index (κ1) is 20.5. The highest BCUT2D eigenvalue weighted by molar-refractivity contribution is 5.89. The Morgan fingerprint density at radius 3 is 2.66 bits per heavy atom. The fourth-order valence-corrected chi connectivity index (χ4v) is 4.77. The molecule has 0 aromatic carbocycles. The van der Waals surface area contributed by atoms with Crippen LogP contribution in [0.25, 0.3) is 11.1 Å². The van der Waals surface area contributed by atoms with Crippen molar-refractivity contribution in [2.75, 3.05) is 23.3 Å². The first-order valence-corrected chi connectivity index (χ1v) is 11.1. The van der Waals surface area contributed by atoms with E-state index < -0.39 is 0 Å². The number of amides is 1. The number of carbonyl (C=O) groups excluding carboxylic acids is 1. The number of nitrogens with one attached hydrogen (secondary N) is 1. The highest BCUT2D eigenvalue weighted by atomic mass is 16.6. The van der Waals surface area contributed by atoms with Gasteiger partial charge in [0, 0.05) is 30.1 Å². The van der Waals surface area contributed by atoms with Crippen LogP contribution in [0.3, 0.4) is 0 Å². The van der Waals surface area contributed by atoms with Gasteiger partial charge < -0.3 is 14.6 Å². The zero-order valence-electron chi connectivity index (χ0n) is 18.4. The Morgan fingerprint density at radius 1 is 1.16 bits per heavy atom. The Balaban J connectivity index is 1.15. The topological polar surface area (TPSA) is 93.4 Å². The Bertz CT molecular complexity index is 1070. The summed E-state index contributed by atoms with van der Waals surface area (Å²) in [5.74, 6) is 2.83. The number of aryl methyl sites for hydroxylation is 2. The molecule has 1 amide bonds. The van der Waals surface area contributed by atoms with E-state index in [-0.39, 0.29) is 11.7 Å². The molecule has 8 nitrogen and oxygen atoms in total. The van der Waals surface area contributed by atoms with E-state index in [1.165, 1.54) is 0 Å². The quantitative estimate of drug-likeness (QED) is 0.621. The maximum atomic E-state index is 12.4. The molecular formula is C24H27N5O3. The van der Waals surface area contributed by atoms with Crippen LogP contribution in [-0.4, -0.2) is 39.9 Å². The zero-order chi connectivity index (χ0) is 22.1. The van der Waals surface area contributed by atoms with Gasteiger partial charge in [-0.3, -0.25) is 4.90 Å². The number of carbonyl (C=O) groups is 1. The van der Waals surface area contributed by atoms with Crippen molar-refractivity contribution in [1.29, 1.82) is 0 Å². The molecule has 5 rings (SSSR count). The van der Waals surface area contributed by atoms with Crippen LogP contribution >= 0.6 is 0 Å². The van der Waals surface area contributed by atoms with Gasteiger partial charge in [0.15, 0.2) is 0 Å². The van der Waals surface area contributed by atoms with E-state index in [1.54, 1.807) is 11.1 Å². The first-order chi connectivity index (χ1) is 15.5. The van der Waals surface area contributed by atoms with Crippen LogP contribution in [0.1, 0.15) is 37.1 Å². The second-order valence-corrected chi connectivity index (χ2v) is 8.78. The second kappa shape index (κ2) is 8.26. The van der Waals surface area contributed by atoms with Gasteiger partial charge in [-0.2, -0.15) is 0 Å². The van der Waals surface area contributed by atoms with E-state index in [0.717, 1.165) is 60.6 Å². The van der Waals surface area contributed by atoms with Crippen molar-refractivity contribution < 1.29 is 14.1 Å². The molecule has 0 unspecified atom stereocenters. The molecule has 8 heteroatoms. The standard InChI is InChI=1S/C24H27N5O3/c1-16-22(17(2)32-28-16)19-6-7-20(27-14-19)26-13-18-8-10-24(11-9-18)15-29(23(30)31-24)21-5-3-4-12-25-21/h3-7,12,14,18H,8-11,13,15H2,1-2H3,(H,26,27). The van der Waals surface area contributed by atoms with Gasteiger partial charge in [0.25, 0.3) is 0 Å². The van der Waals surface area contributed by atoms with Gasteiger partial charge in [0.1, 0.15) is 23.0 Å². The number of hydrogen-bond acceptors (Lipinski definition) is 7. The van der Waals surface area contributed by atoms with E-state index in [2.05, 4.69) is 20.4 Å². The van der Waals surface area contributed by atoms with Crippen molar-refractivity contribution in [3.8, 4) is 11.1 Å². The maximum absolute atomic E-state index is 12.4. The van der Waals surface area contributed by atoms with Crippen molar-refractivity contribution in [3.63, 3.8) is 0 Å². The van der Waals surface area contributed by atoms with Crippen molar-refractivity contribution >= 4 is 17.7 Å². The third kappa shape index (κ3) is 3.92. The summed E-state index contributed by atoms with van der Waals surface area (Å²) in [5, 5.41) is 7.47. The molecule has 166 valence electrons. The molecule has 2 fully saturated rings. The summed E-state index contributed by atoms with van der Waals surface area (Å²) in [6.07, 6.45) is 7.02. The molecule has 1 saturated heterocycles. The molecule has 0 atom stereocenters. The number of anilines is 2. The molecular weight excluding hydrogens is 406 g/mol. The van der Waals surface area contributed by atoms with Crippen LogP contribution in [0.15, 0.2) is 47.2 Å². The Hall–Kier alpha value is -3.42. The molecule has 3 aromatic rings. The van der Waals surface area contributed by atoms with Crippen LogP contribution in [0, 0.1) is 19.8 Å². The molecule has 1 saturated carbocycles. The van der Waals surface area contributed by atoms with Crippen molar-refractivity contribution in [2.45, 2.75) is 45.1 Å². The summed E-state index contributed by atoms with van der Waals surface area (Å²) in [5.41, 5.74) is 2.49.